The predicted octanol–water partition coefficient (Wildman–Crippen LogP) is 10.3. The number of aryl methyl sites for hydroxylation is 1. The summed E-state index contributed by atoms with van der Waals surface area (Å²) in [5, 5.41) is 6.37. The van der Waals surface area contributed by atoms with Gasteiger partial charge in [0.25, 0.3) is 6.71 Å². The minimum atomic E-state index is 0.0306. The Bertz CT molecular complexity index is 3320. The molecule has 1 unspecified atom stereocenters. The largest absolute Gasteiger partial charge is 0.458 e. The second-order valence-electron chi connectivity index (χ2n) is 15.9. The van der Waals surface area contributed by atoms with Gasteiger partial charge in [-0.3, -0.25) is 0 Å². The van der Waals surface area contributed by atoms with Crippen molar-refractivity contribution in [2.75, 3.05) is 0 Å². The molecule has 0 amide bonds. The van der Waals surface area contributed by atoms with E-state index in [0.29, 0.717) is 5.92 Å². The number of fused-ring (bicyclic) bond motifs is 13. The van der Waals surface area contributed by atoms with Crippen LogP contribution in [0.4, 0.5) is 0 Å². The van der Waals surface area contributed by atoms with Gasteiger partial charge in [0.1, 0.15) is 11.5 Å². The van der Waals surface area contributed by atoms with Gasteiger partial charge in [0.15, 0.2) is 0 Å². The number of nitrogens with zero attached hydrogens (tertiary/aromatic N) is 3. The maximum absolute atomic E-state index is 6.77. The van der Waals surface area contributed by atoms with E-state index >= 15 is 0 Å². The zero-order chi connectivity index (χ0) is 36.1. The van der Waals surface area contributed by atoms with Crippen molar-refractivity contribution in [3.63, 3.8) is 0 Å². The lowest BCUT2D eigenvalue weighted by molar-refractivity contribution is 0.487. The smallest absolute Gasteiger partial charge is 0.256 e. The molecule has 0 saturated heterocycles. The molecule has 13 rings (SSSR count). The minimum absolute atomic E-state index is 0.0306. The molecule has 55 heavy (non-hydrogen) atoms. The van der Waals surface area contributed by atoms with Gasteiger partial charge in [0.2, 0.25) is 0 Å². The van der Waals surface area contributed by atoms with Crippen molar-refractivity contribution in [1.82, 2.24) is 13.7 Å². The molecule has 3 aromatic heterocycles. The van der Waals surface area contributed by atoms with Gasteiger partial charge in [-0.25, -0.2) is 0 Å². The van der Waals surface area contributed by atoms with E-state index in [9.17, 15) is 0 Å². The molecule has 3 aliphatic rings. The number of benzene rings is 7. The molecule has 0 fully saturated rings. The molecule has 0 bridgehead atoms. The predicted molar refractivity (Wildman–Crippen MR) is 230 cm³/mol. The first-order valence-electron chi connectivity index (χ1n) is 19.4. The first-order valence-corrected chi connectivity index (χ1v) is 19.4. The lowest BCUT2D eigenvalue weighted by atomic mass is 9.34. The van der Waals surface area contributed by atoms with E-state index in [1.807, 2.05) is 0 Å². The van der Waals surface area contributed by atoms with Crippen molar-refractivity contribution in [2.45, 2.75) is 20.3 Å². The number of allylic oxidation sites excluding steroid dienone is 1. The highest BCUT2D eigenvalue weighted by Gasteiger charge is 2.41. The molecule has 4 nitrogen and oxygen atoms in total. The summed E-state index contributed by atoms with van der Waals surface area (Å²) in [4.78, 5) is 0. The Morgan fingerprint density at radius 3 is 2.04 bits per heavy atom. The summed E-state index contributed by atoms with van der Waals surface area (Å²) < 4.78 is 14.3. The Hall–Kier alpha value is -6.72. The Morgan fingerprint density at radius 2 is 1.24 bits per heavy atom. The standard InChI is InChI=1S/C50H34BN3O/c1-29-19-21-36-35-13-5-9-17-43(35)53(45(36)23-29)32-27-38-37-26-31(52-41-15-7-3-11-33(41)34-12-4-8-16-42(34)52)20-22-44(37)54-46-24-30(2)25-48-49(46)51(40(28-32)50(38)54)39-14-6-10-18-47(39)55-48/h3-22,24-29H,23H2,1-2H3. The molecule has 0 saturated carbocycles. The van der Waals surface area contributed by atoms with E-state index < -0.39 is 0 Å². The molecule has 1 atom stereocenters. The normalized spacial score (nSPS) is 15.2. The summed E-state index contributed by atoms with van der Waals surface area (Å²) in [6.45, 7) is 4.55. The first-order chi connectivity index (χ1) is 27.1. The fourth-order valence-corrected chi connectivity index (χ4v) is 10.4. The zero-order valence-corrected chi connectivity index (χ0v) is 30.5. The van der Waals surface area contributed by atoms with Crippen molar-refractivity contribution < 1.29 is 4.74 Å². The molecular formula is C50H34BN3O. The summed E-state index contributed by atoms with van der Waals surface area (Å²) in [5.74, 6) is 2.36. The van der Waals surface area contributed by atoms with Crippen molar-refractivity contribution in [1.29, 1.82) is 0 Å². The molecule has 2 aliphatic heterocycles. The van der Waals surface area contributed by atoms with Gasteiger partial charge < -0.3 is 18.4 Å². The summed E-state index contributed by atoms with van der Waals surface area (Å²) >= 11 is 0. The van der Waals surface area contributed by atoms with Gasteiger partial charge in [-0.05, 0) is 108 Å². The molecule has 0 radical (unpaired) electrons. The molecule has 0 spiro atoms. The van der Waals surface area contributed by atoms with Crippen LogP contribution in [0.15, 0.2) is 146 Å². The summed E-state index contributed by atoms with van der Waals surface area (Å²) in [6.07, 6.45) is 5.73. The molecule has 0 N–H and O–H groups in total. The van der Waals surface area contributed by atoms with Crippen LogP contribution in [0, 0.1) is 12.8 Å². The number of hydrogen-bond donors (Lipinski definition) is 0. The minimum Gasteiger partial charge on any atom is -0.458 e. The fraction of sp³-hybridized carbons (Fsp3) is 0.0800. The van der Waals surface area contributed by atoms with Crippen LogP contribution in [0.1, 0.15) is 23.7 Å². The summed E-state index contributed by atoms with van der Waals surface area (Å²) in [6, 6.07) is 51.9. The first kappa shape index (κ1) is 29.7. The van der Waals surface area contributed by atoms with E-state index in [-0.39, 0.29) is 6.71 Å². The highest BCUT2D eigenvalue weighted by Crippen LogP contribution is 2.42. The van der Waals surface area contributed by atoms with Crippen LogP contribution in [0.25, 0.3) is 77.7 Å². The van der Waals surface area contributed by atoms with Gasteiger partial charge in [-0.2, -0.15) is 0 Å². The van der Waals surface area contributed by atoms with Crippen LogP contribution < -0.4 is 21.1 Å². The molecule has 7 aromatic carbocycles. The van der Waals surface area contributed by atoms with Gasteiger partial charge in [0, 0.05) is 60.8 Å². The lowest BCUT2D eigenvalue weighted by Gasteiger charge is -2.34. The van der Waals surface area contributed by atoms with Crippen LogP contribution >= 0.6 is 0 Å². The Balaban J connectivity index is 1.20. The molecule has 10 aromatic rings. The van der Waals surface area contributed by atoms with Crippen LogP contribution in [-0.2, 0) is 6.42 Å². The van der Waals surface area contributed by atoms with Crippen molar-refractivity contribution in [2.24, 2.45) is 5.92 Å². The average molecular weight is 704 g/mol. The van der Waals surface area contributed by atoms with Gasteiger partial charge in [-0.1, -0.05) is 91.9 Å². The topological polar surface area (TPSA) is 24.0 Å². The third kappa shape index (κ3) is 3.82. The number of para-hydroxylation sites is 4. The number of ether oxygens (including phenoxy) is 1. The summed E-state index contributed by atoms with van der Waals surface area (Å²) in [5.41, 5.74) is 17.5. The van der Waals surface area contributed by atoms with E-state index in [1.165, 1.54) is 99.1 Å². The van der Waals surface area contributed by atoms with Crippen molar-refractivity contribution in [3.8, 4) is 28.6 Å². The van der Waals surface area contributed by atoms with Crippen LogP contribution in [0.2, 0.25) is 0 Å². The number of rotatable bonds is 2. The Labute approximate surface area is 318 Å². The van der Waals surface area contributed by atoms with Gasteiger partial charge >= 0.3 is 0 Å². The molecule has 258 valence electrons. The Kier molecular flexibility index (Phi) is 5.66. The van der Waals surface area contributed by atoms with E-state index in [1.54, 1.807) is 0 Å². The third-order valence-electron chi connectivity index (χ3n) is 12.6. The molecule has 5 heteroatoms. The monoisotopic (exact) mass is 703 g/mol. The maximum atomic E-state index is 6.77. The molecule has 1 aliphatic carbocycles. The van der Waals surface area contributed by atoms with Crippen LogP contribution in [0.3, 0.4) is 0 Å². The summed E-state index contributed by atoms with van der Waals surface area (Å²) in [7, 11) is 0. The highest BCUT2D eigenvalue weighted by molar-refractivity contribution is 6.99. The fourth-order valence-electron chi connectivity index (χ4n) is 10.4. The highest BCUT2D eigenvalue weighted by atomic mass is 16.5. The molecular weight excluding hydrogens is 669 g/mol. The van der Waals surface area contributed by atoms with Gasteiger partial charge in [0.05, 0.1) is 22.1 Å². The van der Waals surface area contributed by atoms with Crippen molar-refractivity contribution >= 4 is 83.7 Å². The maximum Gasteiger partial charge on any atom is 0.256 e. The Morgan fingerprint density at radius 1 is 0.564 bits per heavy atom. The SMILES string of the molecule is Cc1cc2c3c(c1)-n1c4ccc(-n5c6ccccc6c6ccccc65)cc4c4cc(-n5c6c(c7ccccc75)C=CC(C)C6)cc(c41)B3c1ccccc1O2. The quantitative estimate of drug-likeness (QED) is 0.165. The van der Waals surface area contributed by atoms with E-state index in [2.05, 4.69) is 179 Å². The average Bonchev–Trinajstić information content (AvgIpc) is 3.84. The van der Waals surface area contributed by atoms with Gasteiger partial charge in [-0.15, -0.1) is 0 Å². The second-order valence-corrected chi connectivity index (χ2v) is 15.9. The number of hydrogen-bond acceptors (Lipinski definition) is 1. The zero-order valence-electron chi connectivity index (χ0n) is 30.5. The van der Waals surface area contributed by atoms with Crippen LogP contribution in [0.5, 0.6) is 11.5 Å². The van der Waals surface area contributed by atoms with Crippen molar-refractivity contribution in [3.05, 3.63) is 162 Å². The molecule has 5 heterocycles. The third-order valence-corrected chi connectivity index (χ3v) is 12.6. The van der Waals surface area contributed by atoms with Crippen LogP contribution in [-0.4, -0.2) is 20.4 Å². The lowest BCUT2D eigenvalue weighted by Crippen LogP contribution is -2.58. The van der Waals surface area contributed by atoms with E-state index in [4.69, 9.17) is 4.74 Å². The number of aromatic nitrogens is 3. The second kappa shape index (κ2) is 10.5. The van der Waals surface area contributed by atoms with E-state index in [0.717, 1.165) is 23.6 Å².